The molecule has 1 atom stereocenters. The van der Waals surface area contributed by atoms with E-state index in [1.165, 1.54) is 38.5 Å². The zero-order valence-electron chi connectivity index (χ0n) is 27.3. The van der Waals surface area contributed by atoms with E-state index in [2.05, 4.69) is 15.9 Å². The van der Waals surface area contributed by atoms with Gasteiger partial charge in [-0.1, -0.05) is 102 Å². The third-order valence-electron chi connectivity index (χ3n) is 8.39. The second-order valence-corrected chi connectivity index (χ2v) is 17.8. The van der Waals surface area contributed by atoms with Crippen molar-refractivity contribution in [2.24, 2.45) is 11.8 Å². The minimum atomic E-state index is -3.10. The fourth-order valence-electron chi connectivity index (χ4n) is 5.70. The van der Waals surface area contributed by atoms with Gasteiger partial charge in [0.1, 0.15) is 0 Å². The van der Waals surface area contributed by atoms with Crippen molar-refractivity contribution in [3.8, 4) is 0 Å². The normalized spacial score (nSPS) is 16.5. The van der Waals surface area contributed by atoms with Gasteiger partial charge in [0, 0.05) is 10.2 Å². The van der Waals surface area contributed by atoms with Gasteiger partial charge in [-0.25, -0.2) is 16.8 Å². The molecule has 11 heteroatoms. The summed E-state index contributed by atoms with van der Waals surface area (Å²) in [6.07, 6.45) is 11.6. The molecule has 248 valence electrons. The fraction of sp³-hybridized carbons (Fsp3) is 0.486. The third kappa shape index (κ3) is 14.3. The largest absolute Gasteiger partial charge is 1.00 e. The Hall–Kier alpha value is -0.850. The molecule has 0 aliphatic heterocycles. The maximum atomic E-state index is 12.3. The van der Waals surface area contributed by atoms with E-state index in [1.807, 2.05) is 38.1 Å². The Morgan fingerprint density at radius 3 is 1.33 bits per heavy atom. The van der Waals surface area contributed by atoms with Gasteiger partial charge < -0.3 is 4.55 Å². The maximum Gasteiger partial charge on any atom is 1.00 e. The first-order chi connectivity index (χ1) is 21.4. The maximum absolute atomic E-state index is 12.3. The van der Waals surface area contributed by atoms with Crippen LogP contribution in [0.4, 0.5) is 0 Å². The molecule has 0 radical (unpaired) electrons. The molecule has 3 aromatic carbocycles. The van der Waals surface area contributed by atoms with Crippen LogP contribution in [0.5, 0.6) is 0 Å². The Morgan fingerprint density at radius 1 is 0.630 bits per heavy atom. The number of hydrogen-bond acceptors (Lipinski definition) is 6. The van der Waals surface area contributed by atoms with Crippen LogP contribution in [0.2, 0.25) is 0 Å². The minimum Gasteiger partial charge on any atom is -0.768 e. The Kier molecular flexibility index (Phi) is 18.5. The van der Waals surface area contributed by atoms with Crippen LogP contribution in [0.1, 0.15) is 80.9 Å². The van der Waals surface area contributed by atoms with Gasteiger partial charge in [0.05, 0.1) is 21.3 Å². The standard InChI is InChI=1S/C14H19BrO2S.C14H20O2S.C7H8O2S.Na/c15-10-12-6-8-14(9-7-12)18(16,17)11-13-4-2-1-3-5-13;1-12-7-9-14(10-8-12)17(15,16)11-13-5-3-2-4-6-13;1-6-2-4-7(5-3-6)10(8)9;/h6-9,13H,1-5,10-11H2;7-10,13H,2-6,11H2,1H3;2-5H,1H3,(H,8,9);/q;;;+1/p-1. The van der Waals surface area contributed by atoms with Crippen LogP contribution in [0.15, 0.2) is 87.5 Å². The first-order valence-electron chi connectivity index (χ1n) is 15.7. The zero-order valence-corrected chi connectivity index (χ0v) is 33.4. The van der Waals surface area contributed by atoms with Gasteiger partial charge in [0.25, 0.3) is 0 Å². The number of benzene rings is 3. The summed E-state index contributed by atoms with van der Waals surface area (Å²) in [4.78, 5) is 1.29. The molecular weight excluding hydrogens is 715 g/mol. The Labute approximate surface area is 310 Å². The Balaban J connectivity index is 0.000000247. The quantitative estimate of drug-likeness (QED) is 0.170. The van der Waals surface area contributed by atoms with Crippen molar-refractivity contribution < 1.29 is 55.2 Å². The summed E-state index contributed by atoms with van der Waals surface area (Å²) in [7, 11) is -6.18. The van der Waals surface area contributed by atoms with Crippen LogP contribution < -0.4 is 29.6 Å². The minimum absolute atomic E-state index is 0. The van der Waals surface area contributed by atoms with Gasteiger partial charge in [-0.15, -0.1) is 0 Å². The molecule has 6 nitrogen and oxygen atoms in total. The molecule has 2 aliphatic rings. The number of rotatable bonds is 8. The van der Waals surface area contributed by atoms with E-state index in [1.54, 1.807) is 48.5 Å². The molecule has 0 heterocycles. The van der Waals surface area contributed by atoms with E-state index in [0.29, 0.717) is 38.0 Å². The van der Waals surface area contributed by atoms with Crippen molar-refractivity contribution in [1.29, 1.82) is 0 Å². The van der Waals surface area contributed by atoms with Gasteiger partial charge in [-0.3, -0.25) is 4.21 Å². The summed E-state index contributed by atoms with van der Waals surface area (Å²) < 4.78 is 69.6. The van der Waals surface area contributed by atoms with Crippen molar-refractivity contribution >= 4 is 46.7 Å². The molecule has 0 bridgehead atoms. The van der Waals surface area contributed by atoms with Crippen molar-refractivity contribution in [2.45, 2.75) is 98.1 Å². The molecule has 0 aromatic heterocycles. The molecule has 3 aromatic rings. The molecule has 46 heavy (non-hydrogen) atoms. The third-order valence-corrected chi connectivity index (χ3v) is 13.5. The smallest absolute Gasteiger partial charge is 0.768 e. The fourth-order valence-corrected chi connectivity index (χ4v) is 9.83. The summed E-state index contributed by atoms with van der Waals surface area (Å²) in [5.41, 5.74) is 3.27. The SMILES string of the molecule is Cc1ccc(S(=O)(=O)CC2CCCCC2)cc1.Cc1ccc(S(=O)[O-])cc1.O=S(=O)(CC1CCCCC1)c1ccc(CBr)cc1.[Na+]. The summed E-state index contributed by atoms with van der Waals surface area (Å²) >= 11 is 1.28. The predicted octanol–water partition coefficient (Wildman–Crippen LogP) is 5.52. The summed E-state index contributed by atoms with van der Waals surface area (Å²) in [6, 6.07) is 21.1. The molecule has 5 rings (SSSR count). The van der Waals surface area contributed by atoms with E-state index >= 15 is 0 Å². The molecule has 2 saturated carbocycles. The Morgan fingerprint density at radius 2 is 0.978 bits per heavy atom. The van der Waals surface area contributed by atoms with Crippen LogP contribution in [0.25, 0.3) is 0 Å². The van der Waals surface area contributed by atoms with Crippen molar-refractivity contribution in [3.05, 3.63) is 89.5 Å². The molecule has 0 amide bonds. The topological polar surface area (TPSA) is 108 Å². The average molecular weight is 762 g/mol. The molecule has 2 fully saturated rings. The average Bonchev–Trinajstić information content (AvgIpc) is 3.03. The van der Waals surface area contributed by atoms with Crippen LogP contribution in [-0.2, 0) is 36.1 Å². The predicted molar refractivity (Wildman–Crippen MR) is 186 cm³/mol. The van der Waals surface area contributed by atoms with Crippen LogP contribution in [-0.4, -0.2) is 37.1 Å². The molecule has 2 aliphatic carbocycles. The van der Waals surface area contributed by atoms with Gasteiger partial charge in [-0.2, -0.15) is 0 Å². The summed E-state index contributed by atoms with van der Waals surface area (Å²) in [6.45, 7) is 3.88. The van der Waals surface area contributed by atoms with Gasteiger partial charge >= 0.3 is 29.6 Å². The summed E-state index contributed by atoms with van der Waals surface area (Å²) in [5, 5.41) is 0.760. The Bertz CT molecular complexity index is 1550. The molecule has 0 spiro atoms. The first-order valence-corrected chi connectivity index (χ1v) is 21.2. The molecular formula is C35H46BrNaO6S3. The first kappa shape index (κ1) is 41.3. The van der Waals surface area contributed by atoms with Crippen molar-refractivity contribution in [2.75, 3.05) is 11.5 Å². The molecule has 1 unspecified atom stereocenters. The number of aryl methyl sites for hydroxylation is 2. The van der Waals surface area contributed by atoms with E-state index < -0.39 is 30.8 Å². The van der Waals surface area contributed by atoms with Crippen molar-refractivity contribution in [3.63, 3.8) is 0 Å². The monoisotopic (exact) mass is 760 g/mol. The molecule has 0 N–H and O–H groups in total. The van der Waals surface area contributed by atoms with E-state index in [9.17, 15) is 25.6 Å². The second kappa shape index (κ2) is 20.6. The van der Waals surface area contributed by atoms with Gasteiger partial charge in [-0.05, 0) is 104 Å². The zero-order chi connectivity index (χ0) is 32.9. The number of hydrogen-bond donors (Lipinski definition) is 0. The number of sulfone groups is 2. The van der Waals surface area contributed by atoms with Gasteiger partial charge in [0.2, 0.25) is 0 Å². The van der Waals surface area contributed by atoms with Crippen LogP contribution >= 0.6 is 15.9 Å². The molecule has 0 saturated heterocycles. The van der Waals surface area contributed by atoms with E-state index in [-0.39, 0.29) is 29.6 Å². The van der Waals surface area contributed by atoms with Gasteiger partial charge in [0.15, 0.2) is 19.7 Å². The second-order valence-electron chi connectivity index (χ2n) is 12.2. The van der Waals surface area contributed by atoms with Crippen LogP contribution in [0.3, 0.4) is 0 Å². The van der Waals surface area contributed by atoms with E-state index in [0.717, 1.165) is 47.7 Å². The number of halogens is 1. The number of alkyl halides is 1. The van der Waals surface area contributed by atoms with E-state index in [4.69, 9.17) is 0 Å². The summed E-state index contributed by atoms with van der Waals surface area (Å²) in [5.74, 6) is 1.38. The van der Waals surface area contributed by atoms with Crippen molar-refractivity contribution in [1.82, 2.24) is 0 Å². The van der Waals surface area contributed by atoms with Crippen LogP contribution in [0, 0.1) is 25.7 Å².